The molecule has 7 nitrogen and oxygen atoms in total. The molecule has 0 spiro atoms. The molecule has 0 bridgehead atoms. The number of benzene rings is 1. The lowest BCUT2D eigenvalue weighted by atomic mass is 10.2. The first-order chi connectivity index (χ1) is 9.56. The van der Waals surface area contributed by atoms with Gasteiger partial charge in [-0.15, -0.1) is 0 Å². The van der Waals surface area contributed by atoms with Crippen molar-refractivity contribution < 1.29 is 14.3 Å². The van der Waals surface area contributed by atoms with Crippen molar-refractivity contribution in [1.29, 1.82) is 0 Å². The van der Waals surface area contributed by atoms with Crippen LogP contribution in [0.3, 0.4) is 0 Å². The van der Waals surface area contributed by atoms with E-state index in [1.165, 1.54) is 0 Å². The summed E-state index contributed by atoms with van der Waals surface area (Å²) in [5.41, 5.74) is 11.9. The molecule has 3 rings (SSSR count). The quantitative estimate of drug-likeness (QED) is 0.821. The zero-order chi connectivity index (χ0) is 14.3. The van der Waals surface area contributed by atoms with E-state index >= 15 is 0 Å². The van der Waals surface area contributed by atoms with E-state index in [1.807, 2.05) is 13.0 Å². The van der Waals surface area contributed by atoms with Gasteiger partial charge in [-0.2, -0.15) is 5.10 Å². The van der Waals surface area contributed by atoms with Crippen molar-refractivity contribution in [3.63, 3.8) is 0 Å². The van der Waals surface area contributed by atoms with Gasteiger partial charge < -0.3 is 20.9 Å². The molecule has 1 aliphatic rings. The van der Waals surface area contributed by atoms with E-state index in [0.29, 0.717) is 18.0 Å². The van der Waals surface area contributed by atoms with Gasteiger partial charge in [-0.25, -0.2) is 0 Å². The molecule has 1 aromatic carbocycles. The highest BCUT2D eigenvalue weighted by molar-refractivity contribution is 5.89. The average molecular weight is 276 g/mol. The van der Waals surface area contributed by atoms with E-state index in [9.17, 15) is 4.79 Å². The van der Waals surface area contributed by atoms with Gasteiger partial charge in [-0.3, -0.25) is 9.48 Å². The SMILES string of the molecule is C[C@H](N)Cn1ncc2ccc3c(c21)OC(C(N)=O)CO3. The first-order valence-electron chi connectivity index (χ1n) is 6.39. The minimum atomic E-state index is -0.785. The zero-order valence-electron chi connectivity index (χ0n) is 11.1. The fourth-order valence-corrected chi connectivity index (χ4v) is 2.25. The van der Waals surface area contributed by atoms with Crippen molar-refractivity contribution in [2.24, 2.45) is 11.5 Å². The molecule has 2 heterocycles. The van der Waals surface area contributed by atoms with Gasteiger partial charge in [0.2, 0.25) is 6.10 Å². The van der Waals surface area contributed by atoms with Gasteiger partial charge in [-0.1, -0.05) is 0 Å². The molecule has 0 aliphatic carbocycles. The molecule has 0 saturated carbocycles. The minimum Gasteiger partial charge on any atom is -0.485 e. The van der Waals surface area contributed by atoms with Crippen LogP contribution in [0, 0.1) is 0 Å². The van der Waals surface area contributed by atoms with Crippen molar-refractivity contribution in [3.8, 4) is 11.5 Å². The van der Waals surface area contributed by atoms with Crippen molar-refractivity contribution >= 4 is 16.8 Å². The highest BCUT2D eigenvalue weighted by atomic mass is 16.6. The second kappa shape index (κ2) is 4.68. The first kappa shape index (κ1) is 12.7. The van der Waals surface area contributed by atoms with Gasteiger partial charge in [0.05, 0.1) is 12.7 Å². The summed E-state index contributed by atoms with van der Waals surface area (Å²) in [6.45, 7) is 2.56. The van der Waals surface area contributed by atoms with E-state index in [2.05, 4.69) is 5.10 Å². The molecule has 1 aromatic heterocycles. The number of amides is 1. The number of rotatable bonds is 3. The third-order valence-electron chi connectivity index (χ3n) is 3.15. The van der Waals surface area contributed by atoms with E-state index in [0.717, 1.165) is 10.9 Å². The van der Waals surface area contributed by atoms with Crippen LogP contribution >= 0.6 is 0 Å². The lowest BCUT2D eigenvalue weighted by Gasteiger charge is -2.25. The van der Waals surface area contributed by atoms with Crippen LogP contribution in [0.1, 0.15) is 6.92 Å². The Kier molecular flexibility index (Phi) is 2.98. The number of carbonyl (C=O) groups is 1. The van der Waals surface area contributed by atoms with Crippen molar-refractivity contribution in [2.75, 3.05) is 6.61 Å². The Morgan fingerprint density at radius 3 is 3.10 bits per heavy atom. The van der Waals surface area contributed by atoms with Crippen LogP contribution in [-0.4, -0.2) is 34.4 Å². The van der Waals surface area contributed by atoms with E-state index < -0.39 is 12.0 Å². The van der Waals surface area contributed by atoms with Crippen LogP contribution in [0.2, 0.25) is 0 Å². The van der Waals surface area contributed by atoms with Crippen LogP contribution < -0.4 is 20.9 Å². The number of ether oxygens (including phenoxy) is 2. The molecule has 0 radical (unpaired) electrons. The average Bonchev–Trinajstić information content (AvgIpc) is 2.81. The maximum absolute atomic E-state index is 11.3. The molecule has 20 heavy (non-hydrogen) atoms. The standard InChI is InChI=1S/C13H16N4O3/c1-7(14)5-17-11-8(4-16-17)2-3-9-12(11)20-10(6-19-9)13(15)18/h2-4,7,10H,5-6,14H2,1H3,(H2,15,18)/t7-,10?/m0/s1. The number of nitrogens with zero attached hydrogens (tertiary/aromatic N) is 2. The number of carbonyl (C=O) groups excluding carboxylic acids is 1. The smallest absolute Gasteiger partial charge is 0.262 e. The molecule has 4 N–H and O–H groups in total. The maximum Gasteiger partial charge on any atom is 0.262 e. The number of aromatic nitrogens is 2. The van der Waals surface area contributed by atoms with Gasteiger partial charge in [0.15, 0.2) is 11.5 Å². The molecule has 2 atom stereocenters. The second-order valence-corrected chi connectivity index (χ2v) is 4.95. The predicted octanol–water partition coefficient (Wildman–Crippen LogP) is 0.00860. The van der Waals surface area contributed by atoms with Gasteiger partial charge >= 0.3 is 0 Å². The third-order valence-corrected chi connectivity index (χ3v) is 3.15. The highest BCUT2D eigenvalue weighted by Crippen LogP contribution is 2.38. The second-order valence-electron chi connectivity index (χ2n) is 4.95. The zero-order valence-corrected chi connectivity index (χ0v) is 11.1. The fraction of sp³-hybridized carbons (Fsp3) is 0.385. The van der Waals surface area contributed by atoms with Crippen LogP contribution in [0.25, 0.3) is 10.9 Å². The fourth-order valence-electron chi connectivity index (χ4n) is 2.25. The normalized spacial score (nSPS) is 19.0. The van der Waals surface area contributed by atoms with Crippen molar-refractivity contribution in [2.45, 2.75) is 25.6 Å². The van der Waals surface area contributed by atoms with Crippen molar-refractivity contribution in [3.05, 3.63) is 18.3 Å². The Hall–Kier alpha value is -2.28. The molecule has 106 valence electrons. The largest absolute Gasteiger partial charge is 0.485 e. The molecular weight excluding hydrogens is 260 g/mol. The minimum absolute atomic E-state index is 0.0506. The Morgan fingerprint density at radius 1 is 1.60 bits per heavy atom. The topological polar surface area (TPSA) is 105 Å². The Balaban J connectivity index is 2.11. The van der Waals surface area contributed by atoms with Gasteiger partial charge in [0.25, 0.3) is 5.91 Å². The van der Waals surface area contributed by atoms with Crippen molar-refractivity contribution in [1.82, 2.24) is 9.78 Å². The highest BCUT2D eigenvalue weighted by Gasteiger charge is 2.28. The molecule has 2 aromatic rings. The van der Waals surface area contributed by atoms with Crippen LogP contribution in [0.4, 0.5) is 0 Å². The molecule has 0 fully saturated rings. The van der Waals surface area contributed by atoms with E-state index in [1.54, 1.807) is 16.9 Å². The third kappa shape index (κ3) is 2.05. The summed E-state index contributed by atoms with van der Waals surface area (Å²) in [6, 6.07) is 3.64. The van der Waals surface area contributed by atoms with Crippen LogP contribution in [-0.2, 0) is 11.3 Å². The lowest BCUT2D eigenvalue weighted by molar-refractivity contribution is -0.126. The van der Waals surface area contributed by atoms with Crippen LogP contribution in [0.5, 0.6) is 11.5 Å². The maximum atomic E-state index is 11.3. The molecule has 0 saturated heterocycles. The molecule has 7 heteroatoms. The number of hydrogen-bond acceptors (Lipinski definition) is 5. The number of hydrogen-bond donors (Lipinski definition) is 2. The lowest BCUT2D eigenvalue weighted by Crippen LogP contribution is -2.41. The number of fused-ring (bicyclic) bond motifs is 3. The van der Waals surface area contributed by atoms with Gasteiger partial charge in [-0.05, 0) is 19.1 Å². The summed E-state index contributed by atoms with van der Waals surface area (Å²) >= 11 is 0. The number of primary amides is 1. The molecule has 1 unspecified atom stereocenters. The monoisotopic (exact) mass is 276 g/mol. The first-order valence-corrected chi connectivity index (χ1v) is 6.39. The Morgan fingerprint density at radius 2 is 2.40 bits per heavy atom. The summed E-state index contributed by atoms with van der Waals surface area (Å²) in [6.07, 6.45) is 0.946. The van der Waals surface area contributed by atoms with Crippen LogP contribution in [0.15, 0.2) is 18.3 Å². The van der Waals surface area contributed by atoms with Gasteiger partial charge in [0, 0.05) is 11.4 Å². The molecular formula is C13H16N4O3. The summed E-state index contributed by atoms with van der Waals surface area (Å²) in [7, 11) is 0. The summed E-state index contributed by atoms with van der Waals surface area (Å²) in [5, 5.41) is 5.20. The molecule has 1 amide bonds. The molecule has 1 aliphatic heterocycles. The Labute approximate surface area is 115 Å². The summed E-state index contributed by atoms with van der Waals surface area (Å²) in [4.78, 5) is 11.3. The van der Waals surface area contributed by atoms with Gasteiger partial charge in [0.1, 0.15) is 12.1 Å². The Bertz CT molecular complexity index is 665. The summed E-state index contributed by atoms with van der Waals surface area (Å²) < 4.78 is 13.0. The van der Waals surface area contributed by atoms with E-state index in [-0.39, 0.29) is 12.6 Å². The van der Waals surface area contributed by atoms with E-state index in [4.69, 9.17) is 20.9 Å². The summed E-state index contributed by atoms with van der Waals surface area (Å²) in [5.74, 6) is 0.531. The predicted molar refractivity (Wildman–Crippen MR) is 72.5 cm³/mol. The number of nitrogens with two attached hydrogens (primary N) is 2.